The van der Waals surface area contributed by atoms with Crippen LogP contribution < -0.4 is 5.32 Å². The lowest BCUT2D eigenvalue weighted by atomic mass is 9.83. The molecule has 2 heteroatoms. The Balaban J connectivity index is 3.32. The molecule has 1 aromatic rings. The van der Waals surface area contributed by atoms with E-state index in [0.29, 0.717) is 0 Å². The SMILES string of the molecule is CNC(c1c(C)cc(C(C)(C)C)cc1C)N(C)C. The van der Waals surface area contributed by atoms with E-state index in [0.717, 1.165) is 0 Å². The fourth-order valence-electron chi connectivity index (χ4n) is 2.50. The van der Waals surface area contributed by atoms with Crippen LogP contribution in [0.3, 0.4) is 0 Å². The molecule has 18 heavy (non-hydrogen) atoms. The smallest absolute Gasteiger partial charge is 0.0858 e. The van der Waals surface area contributed by atoms with Crippen molar-refractivity contribution in [2.24, 2.45) is 0 Å². The van der Waals surface area contributed by atoms with Gasteiger partial charge in [0, 0.05) is 0 Å². The van der Waals surface area contributed by atoms with Gasteiger partial charge in [-0.15, -0.1) is 0 Å². The number of aryl methyl sites for hydroxylation is 2. The van der Waals surface area contributed by atoms with Crippen molar-refractivity contribution in [2.75, 3.05) is 21.1 Å². The van der Waals surface area contributed by atoms with Crippen molar-refractivity contribution in [1.82, 2.24) is 10.2 Å². The van der Waals surface area contributed by atoms with Crippen molar-refractivity contribution in [1.29, 1.82) is 0 Å². The Labute approximate surface area is 112 Å². The molecule has 1 unspecified atom stereocenters. The molecule has 0 aromatic heterocycles. The van der Waals surface area contributed by atoms with Gasteiger partial charge in [0.1, 0.15) is 0 Å². The minimum absolute atomic E-state index is 0.210. The van der Waals surface area contributed by atoms with Crippen LogP contribution >= 0.6 is 0 Å². The summed E-state index contributed by atoms with van der Waals surface area (Å²) in [5.41, 5.74) is 5.76. The highest BCUT2D eigenvalue weighted by Gasteiger charge is 2.20. The van der Waals surface area contributed by atoms with Crippen LogP contribution in [0.2, 0.25) is 0 Å². The first-order valence-corrected chi connectivity index (χ1v) is 6.63. The van der Waals surface area contributed by atoms with Gasteiger partial charge >= 0.3 is 0 Å². The molecule has 0 saturated heterocycles. The Morgan fingerprint density at radius 3 is 1.78 bits per heavy atom. The van der Waals surface area contributed by atoms with E-state index >= 15 is 0 Å². The third-order valence-corrected chi connectivity index (χ3v) is 3.52. The predicted octanol–water partition coefficient (Wildman–Crippen LogP) is 3.38. The first kappa shape index (κ1) is 15.2. The Bertz CT molecular complexity index is 391. The van der Waals surface area contributed by atoms with Crippen LogP contribution in [0.15, 0.2) is 12.1 Å². The normalized spacial score (nSPS) is 14.1. The van der Waals surface area contributed by atoms with Crippen molar-refractivity contribution in [2.45, 2.75) is 46.2 Å². The summed E-state index contributed by atoms with van der Waals surface area (Å²) < 4.78 is 0. The van der Waals surface area contributed by atoms with E-state index in [1.165, 1.54) is 22.3 Å². The Morgan fingerprint density at radius 1 is 1.06 bits per heavy atom. The van der Waals surface area contributed by atoms with E-state index in [-0.39, 0.29) is 11.6 Å². The molecule has 1 aromatic carbocycles. The molecule has 102 valence electrons. The lowest BCUT2D eigenvalue weighted by Gasteiger charge is -2.29. The molecule has 0 radical (unpaired) electrons. The standard InChI is InChI=1S/C16H28N2/c1-11-9-13(16(3,4)5)10-12(2)14(11)15(17-6)18(7)8/h9-10,15,17H,1-8H3. The highest BCUT2D eigenvalue weighted by molar-refractivity contribution is 5.42. The highest BCUT2D eigenvalue weighted by atomic mass is 15.2. The zero-order valence-corrected chi connectivity index (χ0v) is 13.2. The third kappa shape index (κ3) is 3.12. The first-order valence-electron chi connectivity index (χ1n) is 6.63. The van der Waals surface area contributed by atoms with Crippen LogP contribution in [0.1, 0.15) is 49.2 Å². The average Bonchev–Trinajstić information content (AvgIpc) is 2.20. The minimum Gasteiger partial charge on any atom is -0.301 e. The monoisotopic (exact) mass is 248 g/mol. The van der Waals surface area contributed by atoms with E-state index in [2.05, 4.69) is 71.1 Å². The summed E-state index contributed by atoms with van der Waals surface area (Å²) in [7, 11) is 6.23. The van der Waals surface area contributed by atoms with Gasteiger partial charge < -0.3 is 5.32 Å². The van der Waals surface area contributed by atoms with Crippen LogP contribution in [-0.4, -0.2) is 26.0 Å². The van der Waals surface area contributed by atoms with Gasteiger partial charge in [0.2, 0.25) is 0 Å². The molecule has 0 aliphatic rings. The van der Waals surface area contributed by atoms with Crippen molar-refractivity contribution in [3.63, 3.8) is 0 Å². The molecule has 0 heterocycles. The van der Waals surface area contributed by atoms with Crippen LogP contribution in [0, 0.1) is 13.8 Å². The molecule has 0 fully saturated rings. The summed E-state index contributed by atoms with van der Waals surface area (Å²) in [5.74, 6) is 0. The molecule has 0 spiro atoms. The molecule has 0 aliphatic heterocycles. The number of benzene rings is 1. The number of hydrogen-bond donors (Lipinski definition) is 1. The topological polar surface area (TPSA) is 15.3 Å². The number of nitrogens with zero attached hydrogens (tertiary/aromatic N) is 1. The van der Waals surface area contributed by atoms with Crippen LogP contribution in [0.5, 0.6) is 0 Å². The van der Waals surface area contributed by atoms with Crippen molar-refractivity contribution in [3.8, 4) is 0 Å². The molecule has 1 atom stereocenters. The zero-order chi connectivity index (χ0) is 14.1. The van der Waals surface area contributed by atoms with Crippen molar-refractivity contribution >= 4 is 0 Å². The fourth-order valence-corrected chi connectivity index (χ4v) is 2.50. The molecular formula is C16H28N2. The van der Waals surface area contributed by atoms with Gasteiger partial charge in [0.25, 0.3) is 0 Å². The van der Waals surface area contributed by atoms with Crippen LogP contribution in [-0.2, 0) is 5.41 Å². The Hall–Kier alpha value is -0.860. The quantitative estimate of drug-likeness (QED) is 0.825. The van der Waals surface area contributed by atoms with Crippen molar-refractivity contribution < 1.29 is 0 Å². The molecule has 0 amide bonds. The second kappa shape index (κ2) is 5.41. The average molecular weight is 248 g/mol. The first-order chi connectivity index (χ1) is 8.18. The number of nitrogens with one attached hydrogen (secondary N) is 1. The van der Waals surface area contributed by atoms with Crippen LogP contribution in [0.4, 0.5) is 0 Å². The van der Waals surface area contributed by atoms with Gasteiger partial charge in [-0.05, 0) is 62.7 Å². The number of hydrogen-bond acceptors (Lipinski definition) is 2. The molecule has 2 nitrogen and oxygen atoms in total. The summed E-state index contributed by atoms with van der Waals surface area (Å²) in [5, 5.41) is 3.38. The molecule has 0 aliphatic carbocycles. The van der Waals surface area contributed by atoms with Gasteiger partial charge in [-0.25, -0.2) is 0 Å². The molecule has 0 bridgehead atoms. The second-order valence-electron chi connectivity index (χ2n) is 6.43. The molecule has 0 saturated carbocycles. The molecule has 1 N–H and O–H groups in total. The Kier molecular flexibility index (Phi) is 4.57. The maximum Gasteiger partial charge on any atom is 0.0858 e. The second-order valence-corrected chi connectivity index (χ2v) is 6.43. The van der Waals surface area contributed by atoms with E-state index < -0.39 is 0 Å². The maximum absolute atomic E-state index is 3.38. The zero-order valence-electron chi connectivity index (χ0n) is 13.2. The van der Waals surface area contributed by atoms with Crippen molar-refractivity contribution in [3.05, 3.63) is 34.4 Å². The van der Waals surface area contributed by atoms with Gasteiger partial charge in [0.05, 0.1) is 6.17 Å². The number of rotatable bonds is 3. The summed E-state index contributed by atoms with van der Waals surface area (Å²) in [4.78, 5) is 2.21. The largest absolute Gasteiger partial charge is 0.301 e. The van der Waals surface area contributed by atoms with Gasteiger partial charge in [-0.2, -0.15) is 0 Å². The third-order valence-electron chi connectivity index (χ3n) is 3.52. The van der Waals surface area contributed by atoms with Gasteiger partial charge in [-0.1, -0.05) is 32.9 Å². The molecular weight excluding hydrogens is 220 g/mol. The molecule has 1 rings (SSSR count). The summed E-state index contributed by atoms with van der Waals surface area (Å²) >= 11 is 0. The predicted molar refractivity (Wildman–Crippen MR) is 80.1 cm³/mol. The summed E-state index contributed by atoms with van der Waals surface area (Å²) in [6, 6.07) is 4.66. The minimum atomic E-state index is 0.210. The van der Waals surface area contributed by atoms with Gasteiger partial charge in [0.15, 0.2) is 0 Å². The maximum atomic E-state index is 3.38. The van der Waals surface area contributed by atoms with E-state index in [4.69, 9.17) is 0 Å². The Morgan fingerprint density at radius 2 is 1.50 bits per heavy atom. The van der Waals surface area contributed by atoms with E-state index in [1.54, 1.807) is 0 Å². The summed E-state index contributed by atoms with van der Waals surface area (Å²) in [6.07, 6.45) is 0.277. The van der Waals surface area contributed by atoms with Crippen LogP contribution in [0.25, 0.3) is 0 Å². The lowest BCUT2D eigenvalue weighted by molar-refractivity contribution is 0.263. The van der Waals surface area contributed by atoms with E-state index in [9.17, 15) is 0 Å². The highest BCUT2D eigenvalue weighted by Crippen LogP contribution is 2.30. The fraction of sp³-hybridized carbons (Fsp3) is 0.625. The van der Waals surface area contributed by atoms with Gasteiger partial charge in [-0.3, -0.25) is 4.90 Å². The lowest BCUT2D eigenvalue weighted by Crippen LogP contribution is -2.32. The summed E-state index contributed by atoms with van der Waals surface area (Å²) in [6.45, 7) is 11.2. The van der Waals surface area contributed by atoms with E-state index in [1.807, 2.05) is 7.05 Å².